The van der Waals surface area contributed by atoms with Gasteiger partial charge in [0.1, 0.15) is 17.6 Å². The van der Waals surface area contributed by atoms with Crippen LogP contribution in [0.15, 0.2) is 42.0 Å². The summed E-state index contributed by atoms with van der Waals surface area (Å²) in [4.78, 5) is 54.3. The molecule has 2 N–H and O–H groups in total. The van der Waals surface area contributed by atoms with Gasteiger partial charge in [0.2, 0.25) is 0 Å². The molecular formula is C36H53NO10. The number of likely N-dealkylation sites (N-methyl/N-ethyl adjacent to an activating group) is 1. The van der Waals surface area contributed by atoms with E-state index in [0.717, 1.165) is 0 Å². The maximum absolute atomic E-state index is 14.0. The quantitative estimate of drug-likeness (QED) is 0.321. The van der Waals surface area contributed by atoms with Crippen LogP contribution in [0.4, 0.5) is 0 Å². The number of carbonyl (C=O) groups is 4. The Morgan fingerprint density at radius 1 is 1.09 bits per heavy atom. The van der Waals surface area contributed by atoms with Crippen molar-refractivity contribution in [3.8, 4) is 0 Å². The Morgan fingerprint density at radius 2 is 1.72 bits per heavy atom. The molecular weight excluding hydrogens is 606 g/mol. The topological polar surface area (TPSA) is 147 Å². The maximum atomic E-state index is 14.0. The van der Waals surface area contributed by atoms with Crippen molar-refractivity contribution in [1.29, 1.82) is 0 Å². The molecule has 11 heteroatoms. The van der Waals surface area contributed by atoms with E-state index in [-0.39, 0.29) is 30.8 Å². The Labute approximate surface area is 278 Å². The smallest absolute Gasteiger partial charge is 0.338 e. The predicted molar refractivity (Wildman–Crippen MR) is 174 cm³/mol. The first-order valence-corrected chi connectivity index (χ1v) is 16.5. The van der Waals surface area contributed by atoms with Gasteiger partial charge in [0.15, 0.2) is 24.0 Å². The van der Waals surface area contributed by atoms with Crippen LogP contribution in [0.2, 0.25) is 0 Å². The fourth-order valence-electron chi connectivity index (χ4n) is 6.80. The summed E-state index contributed by atoms with van der Waals surface area (Å²) in [6.45, 7) is 13.3. The summed E-state index contributed by atoms with van der Waals surface area (Å²) < 4.78 is 30.7. The van der Waals surface area contributed by atoms with Gasteiger partial charge in [-0.25, -0.2) is 4.79 Å². The summed E-state index contributed by atoms with van der Waals surface area (Å²) >= 11 is 0. The van der Waals surface area contributed by atoms with Gasteiger partial charge >= 0.3 is 11.9 Å². The number of rotatable bonds is 7. The van der Waals surface area contributed by atoms with E-state index in [1.54, 1.807) is 72.0 Å². The number of methoxy groups -OCH3 is 1. The van der Waals surface area contributed by atoms with Crippen molar-refractivity contribution in [2.24, 2.45) is 17.8 Å². The second-order valence-electron chi connectivity index (χ2n) is 13.5. The lowest BCUT2D eigenvalue weighted by atomic mass is 9.77. The highest BCUT2D eigenvalue weighted by Gasteiger charge is 2.50. The zero-order chi connectivity index (χ0) is 35.3. The number of hydrogen-bond acceptors (Lipinski definition) is 11. The number of nitrogens with one attached hydrogen (secondary N) is 1. The first-order chi connectivity index (χ1) is 22.0. The molecule has 11 nitrogen and oxygen atoms in total. The van der Waals surface area contributed by atoms with E-state index < -0.39 is 71.3 Å². The lowest BCUT2D eigenvalue weighted by Gasteiger charge is -2.46. The van der Waals surface area contributed by atoms with Crippen molar-refractivity contribution in [1.82, 2.24) is 5.32 Å². The minimum atomic E-state index is -1.65. The number of hydrogen-bond donors (Lipinski definition) is 2. The standard InChI is InChI=1S/C36H53NO10/c1-11-27-35(7,42)18-20(2)28(38)21(3)19-36(8,43-10)31(23(5)29(39)24(6)32(40)45-27)47-34-30(26(37-9)17-22(4)44-34)46-33(41)25-15-13-12-14-16-25/h12-16,18,21-24,26-27,30-31,34,37,42H,11,17,19H2,1-10H3/t21-,22-,23+,24-,26+,27-,30-,31-,34?,35+,36-/m1/s1. The second-order valence-corrected chi connectivity index (χ2v) is 13.5. The van der Waals surface area contributed by atoms with Crippen LogP contribution in [-0.2, 0) is 38.1 Å². The summed E-state index contributed by atoms with van der Waals surface area (Å²) in [5.74, 6) is -4.89. The normalized spacial score (nSPS) is 37.8. The Balaban J connectivity index is 2.10. The van der Waals surface area contributed by atoms with Gasteiger partial charge in [-0.3, -0.25) is 14.4 Å². The van der Waals surface area contributed by atoms with Crippen LogP contribution in [-0.4, -0.2) is 90.7 Å². The molecule has 0 spiro atoms. The number of allylic oxidation sites excluding steroid dienone is 1. The van der Waals surface area contributed by atoms with Crippen LogP contribution in [0.5, 0.6) is 0 Å². The molecule has 11 atom stereocenters. The molecule has 1 aromatic carbocycles. The van der Waals surface area contributed by atoms with Gasteiger partial charge in [-0.15, -0.1) is 0 Å². The molecule has 47 heavy (non-hydrogen) atoms. The third-order valence-corrected chi connectivity index (χ3v) is 9.61. The molecule has 2 heterocycles. The lowest BCUT2D eigenvalue weighted by molar-refractivity contribution is -0.289. The molecule has 0 radical (unpaired) electrons. The largest absolute Gasteiger partial charge is 0.458 e. The Morgan fingerprint density at radius 3 is 2.30 bits per heavy atom. The summed E-state index contributed by atoms with van der Waals surface area (Å²) in [5.41, 5.74) is -2.25. The molecule has 1 saturated heterocycles. The van der Waals surface area contributed by atoms with Gasteiger partial charge < -0.3 is 34.1 Å². The molecule has 0 bridgehead atoms. The first-order valence-electron chi connectivity index (χ1n) is 16.5. The number of ketones is 2. The Bertz CT molecular complexity index is 1300. The van der Waals surface area contributed by atoms with Gasteiger partial charge in [-0.2, -0.15) is 0 Å². The summed E-state index contributed by atoms with van der Waals surface area (Å²) in [7, 11) is 3.23. The van der Waals surface area contributed by atoms with Crippen LogP contribution < -0.4 is 5.32 Å². The summed E-state index contributed by atoms with van der Waals surface area (Å²) in [5, 5.41) is 14.5. The first kappa shape index (κ1) is 38.5. The zero-order valence-corrected chi connectivity index (χ0v) is 29.4. The van der Waals surface area contributed by atoms with Crippen molar-refractivity contribution in [2.75, 3.05) is 14.2 Å². The monoisotopic (exact) mass is 659 g/mol. The van der Waals surface area contributed by atoms with Crippen molar-refractivity contribution < 1.29 is 48.0 Å². The fraction of sp³-hybridized carbons (Fsp3) is 0.667. The molecule has 2 aliphatic heterocycles. The van der Waals surface area contributed by atoms with Gasteiger partial charge in [0.05, 0.1) is 29.4 Å². The molecule has 1 unspecified atom stereocenters. The SMILES string of the molecule is CC[C@H]1OC(=O)[C@H](C)C(=O)[C@H](C)[C@@H](OC2O[C@H](C)C[C@H](NC)[C@H]2OC(=O)c2ccccc2)[C@](C)(OC)C[C@@H](C)C(=O)C(C)=C[C@]1(C)O. The van der Waals surface area contributed by atoms with Crippen molar-refractivity contribution in [3.05, 3.63) is 47.5 Å². The number of aliphatic hydroxyl groups is 1. The van der Waals surface area contributed by atoms with Gasteiger partial charge in [0.25, 0.3) is 0 Å². The molecule has 2 aliphatic rings. The van der Waals surface area contributed by atoms with Crippen LogP contribution in [0.25, 0.3) is 0 Å². The van der Waals surface area contributed by atoms with E-state index in [1.807, 2.05) is 6.92 Å². The highest BCUT2D eigenvalue weighted by Crippen LogP contribution is 2.37. The molecule has 1 aromatic rings. The second kappa shape index (κ2) is 16.0. The highest BCUT2D eigenvalue weighted by atomic mass is 16.7. The van der Waals surface area contributed by atoms with Crippen molar-refractivity contribution in [2.45, 2.75) is 123 Å². The molecule has 0 aromatic heterocycles. The number of Topliss-reactive ketones (excluding diaryl/α,β-unsaturated/α-hetero) is 2. The third-order valence-electron chi connectivity index (χ3n) is 9.61. The molecule has 1 fully saturated rings. The van der Waals surface area contributed by atoms with Gasteiger partial charge in [0, 0.05) is 18.9 Å². The zero-order valence-electron chi connectivity index (χ0n) is 29.4. The van der Waals surface area contributed by atoms with Crippen LogP contribution in [0.3, 0.4) is 0 Å². The van der Waals surface area contributed by atoms with Gasteiger partial charge in [-0.05, 0) is 84.7 Å². The van der Waals surface area contributed by atoms with E-state index in [4.69, 9.17) is 23.7 Å². The maximum Gasteiger partial charge on any atom is 0.338 e. The summed E-state index contributed by atoms with van der Waals surface area (Å²) in [6.07, 6.45) is -2.10. The van der Waals surface area contributed by atoms with Crippen molar-refractivity contribution >= 4 is 23.5 Å². The number of esters is 2. The summed E-state index contributed by atoms with van der Waals surface area (Å²) in [6, 6.07) is 8.22. The lowest BCUT2D eigenvalue weighted by Crippen LogP contribution is -2.60. The third kappa shape index (κ3) is 8.94. The molecule has 0 aliphatic carbocycles. The molecule has 3 rings (SSSR count). The van der Waals surface area contributed by atoms with Crippen LogP contribution in [0.1, 0.15) is 85.0 Å². The predicted octanol–water partition coefficient (Wildman–Crippen LogP) is 4.19. The van der Waals surface area contributed by atoms with Crippen LogP contribution >= 0.6 is 0 Å². The van der Waals surface area contributed by atoms with E-state index in [0.29, 0.717) is 17.6 Å². The van der Waals surface area contributed by atoms with E-state index >= 15 is 0 Å². The highest BCUT2D eigenvalue weighted by molar-refractivity contribution is 6.00. The number of ether oxygens (including phenoxy) is 5. The van der Waals surface area contributed by atoms with E-state index in [2.05, 4.69) is 5.32 Å². The average molecular weight is 660 g/mol. The molecule has 0 amide bonds. The average Bonchev–Trinajstić information content (AvgIpc) is 3.04. The fourth-order valence-corrected chi connectivity index (χ4v) is 6.80. The van der Waals surface area contributed by atoms with Gasteiger partial charge in [-0.1, -0.05) is 39.0 Å². The number of carbonyl (C=O) groups excluding carboxylic acids is 4. The van der Waals surface area contributed by atoms with Crippen molar-refractivity contribution in [3.63, 3.8) is 0 Å². The van der Waals surface area contributed by atoms with E-state index in [1.165, 1.54) is 27.0 Å². The minimum Gasteiger partial charge on any atom is -0.458 e. The molecule has 0 saturated carbocycles. The minimum absolute atomic E-state index is 0.125. The Kier molecular flexibility index (Phi) is 13.1. The van der Waals surface area contributed by atoms with E-state index in [9.17, 15) is 24.3 Å². The number of benzene rings is 1. The molecule has 262 valence electrons. The Hall–Kier alpha value is -2.96. The number of cyclic esters (lactones) is 1. The van der Waals surface area contributed by atoms with Crippen LogP contribution in [0, 0.1) is 17.8 Å².